The molecular formula is C23H34N6O2. The summed E-state index contributed by atoms with van der Waals surface area (Å²) in [6.07, 6.45) is 5.59. The highest BCUT2D eigenvalue weighted by Gasteiger charge is 2.22. The third-order valence-corrected chi connectivity index (χ3v) is 5.53. The summed E-state index contributed by atoms with van der Waals surface area (Å²) in [5, 5.41) is 11.7. The molecule has 1 amide bonds. The van der Waals surface area contributed by atoms with E-state index in [0.717, 1.165) is 44.2 Å². The number of benzene rings is 1. The lowest BCUT2D eigenvalue weighted by Crippen LogP contribution is -2.30. The molecule has 8 heteroatoms. The first kappa shape index (κ1) is 23.0. The number of nitrogens with one attached hydrogen (secondary N) is 1. The molecule has 1 aromatic carbocycles. The van der Waals surface area contributed by atoms with E-state index in [1.807, 2.05) is 21.0 Å². The Kier molecular flexibility index (Phi) is 8.20. The number of fused-ring (bicyclic) bond motifs is 1. The second kappa shape index (κ2) is 11.1. The minimum Gasteiger partial charge on any atom is -0.384 e. The van der Waals surface area contributed by atoms with Crippen molar-refractivity contribution in [3.8, 4) is 0 Å². The van der Waals surface area contributed by atoms with Crippen LogP contribution in [0, 0.1) is 0 Å². The van der Waals surface area contributed by atoms with Crippen molar-refractivity contribution in [1.82, 2.24) is 25.0 Å². The maximum absolute atomic E-state index is 12.0. The van der Waals surface area contributed by atoms with Crippen molar-refractivity contribution in [2.24, 2.45) is 0 Å². The Morgan fingerprint density at radius 2 is 2.00 bits per heavy atom. The second-order valence-electron chi connectivity index (χ2n) is 8.10. The Bertz CT molecular complexity index is 875. The highest BCUT2D eigenvalue weighted by atomic mass is 16.5. The molecule has 168 valence electrons. The number of hydrogen-bond donors (Lipinski definition) is 1. The number of methoxy groups -OCH3 is 1. The van der Waals surface area contributed by atoms with Crippen LogP contribution in [0.4, 0.5) is 5.69 Å². The summed E-state index contributed by atoms with van der Waals surface area (Å²) in [5.41, 5.74) is 2.41. The Morgan fingerprint density at radius 3 is 2.71 bits per heavy atom. The lowest BCUT2D eigenvalue weighted by molar-refractivity contribution is -0.122. The van der Waals surface area contributed by atoms with Crippen molar-refractivity contribution >= 4 is 17.7 Å². The first-order valence-electron chi connectivity index (χ1n) is 10.8. The van der Waals surface area contributed by atoms with Gasteiger partial charge in [-0.3, -0.25) is 9.69 Å². The predicted octanol–water partition coefficient (Wildman–Crippen LogP) is 2.13. The Hall–Kier alpha value is -2.71. The van der Waals surface area contributed by atoms with Crippen LogP contribution in [-0.2, 0) is 22.5 Å². The third kappa shape index (κ3) is 6.38. The van der Waals surface area contributed by atoms with Gasteiger partial charge in [-0.1, -0.05) is 24.3 Å². The zero-order chi connectivity index (χ0) is 22.2. The van der Waals surface area contributed by atoms with Gasteiger partial charge in [0.1, 0.15) is 5.82 Å². The van der Waals surface area contributed by atoms with Crippen LogP contribution in [0.3, 0.4) is 0 Å². The van der Waals surface area contributed by atoms with Crippen LogP contribution in [0.25, 0.3) is 6.08 Å². The summed E-state index contributed by atoms with van der Waals surface area (Å²) in [6.45, 7) is 5.95. The normalized spacial score (nSPS) is 15.5. The van der Waals surface area contributed by atoms with Crippen LogP contribution in [0.5, 0.6) is 0 Å². The highest BCUT2D eigenvalue weighted by Crippen LogP contribution is 2.16. The number of ether oxygens (including phenoxy) is 1. The van der Waals surface area contributed by atoms with E-state index < -0.39 is 0 Å². The van der Waals surface area contributed by atoms with E-state index in [0.29, 0.717) is 13.0 Å². The molecule has 0 bridgehead atoms. The van der Waals surface area contributed by atoms with Crippen molar-refractivity contribution in [2.45, 2.75) is 32.4 Å². The minimum atomic E-state index is -0.179. The molecular weight excluding hydrogens is 392 g/mol. The standard InChI is InChI=1S/C23H34N6O2/c1-18(24-22(30)12-17-31-4)23-26-25-21-11-14-28(15-16-29(21)23)13-5-6-19-7-9-20(10-8-19)27(2)3/h5-10,18H,11-17H2,1-4H3,(H,24,30)/b6-5+. The number of aromatic nitrogens is 3. The van der Waals surface area contributed by atoms with Gasteiger partial charge in [-0.2, -0.15) is 0 Å². The summed E-state index contributed by atoms with van der Waals surface area (Å²) in [4.78, 5) is 16.5. The molecule has 2 aromatic rings. The lowest BCUT2D eigenvalue weighted by Gasteiger charge is -2.18. The maximum atomic E-state index is 12.0. The topological polar surface area (TPSA) is 75.5 Å². The van der Waals surface area contributed by atoms with Gasteiger partial charge >= 0.3 is 0 Å². The van der Waals surface area contributed by atoms with E-state index >= 15 is 0 Å². The van der Waals surface area contributed by atoms with E-state index in [1.165, 1.54) is 11.3 Å². The Labute approximate surface area is 184 Å². The average molecular weight is 427 g/mol. The van der Waals surface area contributed by atoms with E-state index in [-0.39, 0.29) is 11.9 Å². The van der Waals surface area contributed by atoms with Crippen molar-refractivity contribution in [3.05, 3.63) is 47.6 Å². The zero-order valence-electron chi connectivity index (χ0n) is 19.0. The molecule has 0 aliphatic carbocycles. The van der Waals surface area contributed by atoms with Gasteiger partial charge in [0.2, 0.25) is 5.91 Å². The number of amides is 1. The zero-order valence-corrected chi connectivity index (χ0v) is 19.0. The minimum absolute atomic E-state index is 0.0364. The monoisotopic (exact) mass is 426 g/mol. The number of nitrogens with zero attached hydrogens (tertiary/aromatic N) is 5. The first-order valence-corrected chi connectivity index (χ1v) is 10.8. The molecule has 1 aliphatic heterocycles. The number of rotatable bonds is 9. The number of carbonyl (C=O) groups is 1. The van der Waals surface area contributed by atoms with Gasteiger partial charge in [-0.25, -0.2) is 0 Å². The van der Waals surface area contributed by atoms with Crippen LogP contribution >= 0.6 is 0 Å². The van der Waals surface area contributed by atoms with Crippen LogP contribution in [0.1, 0.15) is 36.6 Å². The van der Waals surface area contributed by atoms with Crippen molar-refractivity contribution in [2.75, 3.05) is 52.3 Å². The van der Waals surface area contributed by atoms with Crippen molar-refractivity contribution < 1.29 is 9.53 Å². The van der Waals surface area contributed by atoms with Gasteiger partial charge in [0, 0.05) is 65.9 Å². The molecule has 0 saturated heterocycles. The van der Waals surface area contributed by atoms with Gasteiger partial charge in [-0.15, -0.1) is 10.2 Å². The van der Waals surface area contributed by atoms with Crippen LogP contribution in [0.15, 0.2) is 30.3 Å². The maximum Gasteiger partial charge on any atom is 0.222 e. The van der Waals surface area contributed by atoms with Gasteiger partial charge in [0.15, 0.2) is 5.82 Å². The molecule has 1 atom stereocenters. The van der Waals surface area contributed by atoms with E-state index in [1.54, 1.807) is 7.11 Å². The molecule has 0 spiro atoms. The molecule has 2 heterocycles. The molecule has 0 fully saturated rings. The summed E-state index contributed by atoms with van der Waals surface area (Å²) < 4.78 is 7.13. The predicted molar refractivity (Wildman–Crippen MR) is 123 cm³/mol. The van der Waals surface area contributed by atoms with Gasteiger partial charge in [0.25, 0.3) is 0 Å². The molecule has 3 rings (SSSR count). The first-order chi connectivity index (χ1) is 15.0. The van der Waals surface area contributed by atoms with E-state index in [4.69, 9.17) is 4.74 Å². The summed E-state index contributed by atoms with van der Waals surface area (Å²) >= 11 is 0. The molecule has 1 N–H and O–H groups in total. The second-order valence-corrected chi connectivity index (χ2v) is 8.10. The smallest absolute Gasteiger partial charge is 0.222 e. The van der Waals surface area contributed by atoms with E-state index in [2.05, 4.69) is 66.3 Å². The summed E-state index contributed by atoms with van der Waals surface area (Å²) in [6, 6.07) is 8.37. The molecule has 0 saturated carbocycles. The molecule has 1 aliphatic rings. The number of anilines is 1. The quantitative estimate of drug-likeness (QED) is 0.662. The average Bonchev–Trinajstić information content (AvgIpc) is 3.06. The molecule has 0 radical (unpaired) electrons. The Morgan fingerprint density at radius 1 is 1.23 bits per heavy atom. The largest absolute Gasteiger partial charge is 0.384 e. The SMILES string of the molecule is COCCC(=O)NC(C)c1nnc2n1CCN(C/C=C/c1ccc(N(C)C)cc1)CC2. The number of hydrogen-bond acceptors (Lipinski definition) is 6. The third-order valence-electron chi connectivity index (χ3n) is 5.53. The molecule has 8 nitrogen and oxygen atoms in total. The highest BCUT2D eigenvalue weighted by molar-refractivity contribution is 5.76. The van der Waals surface area contributed by atoms with Crippen LogP contribution < -0.4 is 10.2 Å². The summed E-state index contributed by atoms with van der Waals surface area (Å²) in [5.74, 6) is 1.77. The van der Waals surface area contributed by atoms with E-state index in [9.17, 15) is 4.79 Å². The number of carbonyl (C=O) groups excluding carboxylic acids is 1. The van der Waals surface area contributed by atoms with Crippen molar-refractivity contribution in [1.29, 1.82) is 0 Å². The molecule has 1 unspecified atom stereocenters. The fraction of sp³-hybridized carbons (Fsp3) is 0.522. The van der Waals surface area contributed by atoms with Gasteiger partial charge in [0.05, 0.1) is 12.6 Å². The van der Waals surface area contributed by atoms with Gasteiger partial charge in [-0.05, 0) is 24.6 Å². The van der Waals surface area contributed by atoms with Crippen molar-refractivity contribution in [3.63, 3.8) is 0 Å². The van der Waals surface area contributed by atoms with Crippen LogP contribution in [0.2, 0.25) is 0 Å². The molecule has 1 aromatic heterocycles. The summed E-state index contributed by atoms with van der Waals surface area (Å²) in [7, 11) is 5.69. The Balaban J connectivity index is 1.53. The van der Waals surface area contributed by atoms with Crippen LogP contribution in [-0.4, -0.2) is 73.0 Å². The fourth-order valence-corrected chi connectivity index (χ4v) is 3.69. The van der Waals surface area contributed by atoms with Gasteiger partial charge < -0.3 is 19.5 Å². The fourth-order valence-electron chi connectivity index (χ4n) is 3.69. The molecule has 31 heavy (non-hydrogen) atoms. The lowest BCUT2D eigenvalue weighted by atomic mass is 10.2.